The predicted molar refractivity (Wildman–Crippen MR) is 223 cm³/mol. The van der Waals surface area contributed by atoms with Crippen molar-refractivity contribution >= 4 is 11.8 Å². The molecule has 5 heteroatoms. The second kappa shape index (κ2) is 23.7. The molecule has 6 aromatic rings. The number of aryl methyl sites for hydroxylation is 10. The average molecular weight is 727 g/mol. The summed E-state index contributed by atoms with van der Waals surface area (Å²) in [6, 6.07) is 50.5. The largest absolute Gasteiger partial charge is 1.00 e. The van der Waals surface area contributed by atoms with Gasteiger partial charge < -0.3 is 10.6 Å². The minimum atomic E-state index is -0.877. The molecule has 0 bridgehead atoms. The first kappa shape index (κ1) is 46.2. The first-order valence-corrected chi connectivity index (χ1v) is 18.4. The fourth-order valence-corrected chi connectivity index (χ4v) is 6.13. The van der Waals surface area contributed by atoms with E-state index in [1.54, 1.807) is 19.1 Å². The number of Topliss-reactive ketones (excluding diaryl/α,β-unsaturated/α-hetero) is 1. The first-order valence-electron chi connectivity index (χ1n) is 18.4. The zero-order chi connectivity index (χ0) is 36.7. The van der Waals surface area contributed by atoms with Crippen molar-refractivity contribution in [3.63, 3.8) is 0 Å². The summed E-state index contributed by atoms with van der Waals surface area (Å²) in [5, 5.41) is 8.94. The smallest absolute Gasteiger partial charge is 0.870 e. The maximum absolute atomic E-state index is 11.3. The number of rotatable bonds is 14. The summed E-state index contributed by atoms with van der Waals surface area (Å²) in [6.45, 7) is 5.85. The Bertz CT molecular complexity index is 1850. The van der Waals surface area contributed by atoms with Crippen molar-refractivity contribution < 1.29 is 39.0 Å². The molecule has 0 spiro atoms. The summed E-state index contributed by atoms with van der Waals surface area (Å²) in [4.78, 5) is 22.2. The fraction of sp³-hybridized carbons (Fsp3) is 0.240. The molecule has 0 aliphatic rings. The van der Waals surface area contributed by atoms with E-state index in [0.717, 1.165) is 56.9 Å². The number of carboxylic acids is 1. The van der Waals surface area contributed by atoms with Gasteiger partial charge >= 0.3 is 24.8 Å². The second-order valence-electron chi connectivity index (χ2n) is 13.9. The number of ketones is 1. The summed E-state index contributed by atoms with van der Waals surface area (Å²) in [5.41, 5.74) is 14.4. The molecule has 2 N–H and O–H groups in total. The summed E-state index contributed by atoms with van der Waals surface area (Å²) >= 11 is 0. The third-order valence-electron chi connectivity index (χ3n) is 9.66. The van der Waals surface area contributed by atoms with Crippen molar-refractivity contribution in [1.29, 1.82) is 0 Å². The van der Waals surface area contributed by atoms with Crippen molar-refractivity contribution in [3.05, 3.63) is 212 Å². The van der Waals surface area contributed by atoms with Crippen molar-refractivity contribution in [3.8, 4) is 0 Å². The SMILES string of the molecule is C.CC(=O)c1ccc(CCc2ccc(CCc3ccc(C)cc3)cc2)cc1.Cc1ccc(CCc2ccc(CCc3ccc(C(=O)O)cc3)cc2)cc1.[Li+].[OH-]. The normalized spacial score (nSPS) is 10.1. The Kier molecular flexibility index (Phi) is 19.9. The molecule has 0 heterocycles. The number of carbonyl (C=O) groups excluding carboxylic acids is 1. The zero-order valence-corrected chi connectivity index (χ0v) is 32.2. The molecule has 4 nitrogen and oxygen atoms in total. The van der Waals surface area contributed by atoms with E-state index in [-0.39, 0.29) is 37.5 Å². The van der Waals surface area contributed by atoms with Crippen LogP contribution in [0.1, 0.15) is 90.7 Å². The molecule has 0 aliphatic carbocycles. The van der Waals surface area contributed by atoms with E-state index in [9.17, 15) is 9.59 Å². The Hall–Kier alpha value is -4.98. The molecule has 0 unspecified atom stereocenters. The Balaban J connectivity index is 0.000000360. The Labute approximate surface area is 341 Å². The van der Waals surface area contributed by atoms with Crippen molar-refractivity contribution in [2.75, 3.05) is 0 Å². The van der Waals surface area contributed by atoms with Crippen LogP contribution in [0.25, 0.3) is 0 Å². The van der Waals surface area contributed by atoms with E-state index < -0.39 is 5.97 Å². The van der Waals surface area contributed by atoms with Crippen molar-refractivity contribution in [2.24, 2.45) is 0 Å². The molecule has 280 valence electrons. The van der Waals surface area contributed by atoms with Crippen LogP contribution in [-0.2, 0) is 51.4 Å². The fourth-order valence-electron chi connectivity index (χ4n) is 6.13. The van der Waals surface area contributed by atoms with E-state index in [1.807, 2.05) is 24.3 Å². The maximum atomic E-state index is 11.3. The Morgan fingerprint density at radius 1 is 0.382 bits per heavy atom. The molecule has 0 amide bonds. The number of benzene rings is 6. The van der Waals surface area contributed by atoms with E-state index >= 15 is 0 Å². The van der Waals surface area contributed by atoms with Crippen LogP contribution in [0.15, 0.2) is 146 Å². The molecule has 6 rings (SSSR count). The quantitative estimate of drug-likeness (QED) is 0.0902. The van der Waals surface area contributed by atoms with Crippen LogP contribution >= 0.6 is 0 Å². The van der Waals surface area contributed by atoms with Gasteiger partial charge in [0, 0.05) is 5.56 Å². The van der Waals surface area contributed by atoms with Crippen LogP contribution in [0, 0.1) is 13.8 Å². The molecule has 0 aromatic heterocycles. The number of hydrogen-bond donors (Lipinski definition) is 1. The molecular formula is C50H55LiO4. The van der Waals surface area contributed by atoms with Crippen molar-refractivity contribution in [1.82, 2.24) is 0 Å². The van der Waals surface area contributed by atoms with Crippen LogP contribution in [0.5, 0.6) is 0 Å². The van der Waals surface area contributed by atoms with Crippen LogP contribution in [0.4, 0.5) is 0 Å². The molecule has 0 atom stereocenters. The molecule has 0 fully saturated rings. The zero-order valence-electron chi connectivity index (χ0n) is 32.2. The van der Waals surface area contributed by atoms with Crippen molar-refractivity contribution in [2.45, 2.75) is 79.6 Å². The van der Waals surface area contributed by atoms with Gasteiger partial charge in [0.1, 0.15) is 0 Å². The van der Waals surface area contributed by atoms with Crippen LogP contribution in [0.2, 0.25) is 0 Å². The molecule has 0 saturated heterocycles. The van der Waals surface area contributed by atoms with Crippen LogP contribution in [0.3, 0.4) is 0 Å². The average Bonchev–Trinajstić information content (AvgIpc) is 3.17. The van der Waals surface area contributed by atoms with Gasteiger partial charge in [0.2, 0.25) is 0 Å². The van der Waals surface area contributed by atoms with Gasteiger partial charge in [-0.2, -0.15) is 0 Å². The maximum Gasteiger partial charge on any atom is 1.00 e. The standard InChI is InChI=1S/C25H26O.C24H24O2.CH4.Li.H2O/c1-19-3-5-21(6-4-19)7-8-22-9-11-23(12-10-22)13-14-24-15-17-25(18-16-24)20(2)26;1-18-2-4-19(5-3-18)6-7-20-8-10-21(11-9-20)12-13-22-14-16-23(17-15-22)24(25)26;;;/h3-6,9-12,15-18H,7-8,13-14H2,1-2H3;2-5,8-11,14-17H,6-7,12-13H2,1H3,(H,25,26);1H4;;1H2/q;;;+1;/p-1. The van der Waals surface area contributed by atoms with Crippen LogP contribution < -0.4 is 18.9 Å². The minimum Gasteiger partial charge on any atom is -0.870 e. The van der Waals surface area contributed by atoms with Gasteiger partial charge in [-0.15, -0.1) is 0 Å². The van der Waals surface area contributed by atoms with E-state index in [1.165, 1.54) is 55.6 Å². The van der Waals surface area contributed by atoms with Gasteiger partial charge in [-0.25, -0.2) is 4.79 Å². The third-order valence-corrected chi connectivity index (χ3v) is 9.66. The van der Waals surface area contributed by atoms with Gasteiger partial charge in [0.15, 0.2) is 5.78 Å². The first-order chi connectivity index (χ1) is 25.2. The second-order valence-corrected chi connectivity index (χ2v) is 13.9. The third kappa shape index (κ3) is 15.7. The molecule has 55 heavy (non-hydrogen) atoms. The van der Waals surface area contributed by atoms with E-state index in [2.05, 4.69) is 123 Å². The Morgan fingerprint density at radius 3 is 0.764 bits per heavy atom. The van der Waals surface area contributed by atoms with Gasteiger partial charge in [0.05, 0.1) is 5.56 Å². The van der Waals surface area contributed by atoms with Crippen LogP contribution in [-0.4, -0.2) is 22.3 Å². The summed E-state index contributed by atoms with van der Waals surface area (Å²) in [5.74, 6) is -0.754. The molecule has 0 radical (unpaired) electrons. The van der Waals surface area contributed by atoms with Gasteiger partial charge in [-0.1, -0.05) is 152 Å². The predicted octanol–water partition coefficient (Wildman–Crippen LogP) is 8.49. The number of carboxylic acid groups (broad SMARTS) is 1. The summed E-state index contributed by atoms with van der Waals surface area (Å²) < 4.78 is 0. The molecule has 0 aliphatic heterocycles. The summed E-state index contributed by atoms with van der Waals surface area (Å²) in [7, 11) is 0. The van der Waals surface area contributed by atoms with E-state index in [0.29, 0.717) is 5.56 Å². The van der Waals surface area contributed by atoms with Gasteiger partial charge in [-0.05, 0) is 129 Å². The number of hydrogen-bond acceptors (Lipinski definition) is 3. The minimum absolute atomic E-state index is 0. The topological polar surface area (TPSA) is 84.4 Å². The molecular weight excluding hydrogens is 671 g/mol. The monoisotopic (exact) mass is 726 g/mol. The Morgan fingerprint density at radius 2 is 0.564 bits per heavy atom. The number of carbonyl (C=O) groups is 2. The molecule has 6 aromatic carbocycles. The van der Waals surface area contributed by atoms with Gasteiger partial charge in [-0.3, -0.25) is 4.79 Å². The molecule has 0 saturated carbocycles. The van der Waals surface area contributed by atoms with E-state index in [4.69, 9.17) is 5.11 Å². The van der Waals surface area contributed by atoms with Gasteiger partial charge in [0.25, 0.3) is 0 Å². The summed E-state index contributed by atoms with van der Waals surface area (Å²) in [6.07, 6.45) is 8.19. The number of aromatic carboxylic acids is 1.